The number of aromatic hydroxyl groups is 1. The van der Waals surface area contributed by atoms with Gasteiger partial charge in [-0.2, -0.15) is 0 Å². The van der Waals surface area contributed by atoms with Crippen molar-refractivity contribution in [1.82, 2.24) is 10.3 Å². The molecule has 0 spiro atoms. The highest BCUT2D eigenvalue weighted by Gasteiger charge is 2.53. The first-order valence-electron chi connectivity index (χ1n) is 17.0. The predicted octanol–water partition coefficient (Wildman–Crippen LogP) is 1.78. The highest BCUT2D eigenvalue weighted by molar-refractivity contribution is 5.97. The molecule has 3 fully saturated rings. The molecular weight excluding hydrogens is 692 g/mol. The lowest BCUT2D eigenvalue weighted by Crippen LogP contribution is -2.67. The Bertz CT molecular complexity index is 1980. The number of carbonyl (C=O) groups is 1. The first-order chi connectivity index (χ1) is 25.5. The predicted molar refractivity (Wildman–Crippen MR) is 186 cm³/mol. The van der Waals surface area contributed by atoms with Crippen LogP contribution in [0, 0.1) is 0 Å². The van der Waals surface area contributed by atoms with E-state index >= 15 is 0 Å². The van der Waals surface area contributed by atoms with Gasteiger partial charge in [-0.25, -0.2) is 4.98 Å². The Morgan fingerprint density at radius 3 is 2.40 bits per heavy atom. The van der Waals surface area contributed by atoms with Crippen molar-refractivity contribution in [2.75, 3.05) is 13.4 Å². The number of hydrogen-bond donors (Lipinski definition) is 7. The number of benzene rings is 3. The summed E-state index contributed by atoms with van der Waals surface area (Å²) in [7, 11) is 0. The van der Waals surface area contributed by atoms with Crippen LogP contribution in [0.15, 0.2) is 88.4 Å². The van der Waals surface area contributed by atoms with Gasteiger partial charge in [0.1, 0.15) is 73.5 Å². The van der Waals surface area contributed by atoms with Crippen molar-refractivity contribution in [3.05, 3.63) is 89.5 Å². The summed E-state index contributed by atoms with van der Waals surface area (Å²) in [5.74, 6) is -0.0562. The highest BCUT2D eigenvalue weighted by Crippen LogP contribution is 2.35. The number of aliphatic hydroxyl groups excluding tert-OH is 5. The molecule has 3 heterocycles. The second-order valence-corrected chi connectivity index (χ2v) is 13.2. The molecule has 1 aliphatic carbocycles. The van der Waals surface area contributed by atoms with Crippen LogP contribution in [0.25, 0.3) is 28.6 Å². The van der Waals surface area contributed by atoms with E-state index in [1.807, 2.05) is 42.5 Å². The normalized spacial score (nSPS) is 30.3. The number of carbonyl (C=O) groups excluding carboxylic acids is 1. The van der Waals surface area contributed by atoms with Gasteiger partial charge < -0.3 is 64.1 Å². The van der Waals surface area contributed by atoms with Crippen LogP contribution in [0.3, 0.4) is 0 Å². The molecule has 0 bridgehead atoms. The van der Waals surface area contributed by atoms with Gasteiger partial charge >= 0.3 is 0 Å². The van der Waals surface area contributed by atoms with Crippen molar-refractivity contribution in [3.8, 4) is 28.7 Å². The molecule has 1 amide bonds. The molecule has 3 aromatic carbocycles. The Kier molecular flexibility index (Phi) is 10.5. The fourth-order valence-electron chi connectivity index (χ4n) is 6.64. The number of oxazole rings is 1. The molecular formula is C38H40N2O13. The monoisotopic (exact) mass is 732 g/mol. The molecule has 10 atom stereocenters. The summed E-state index contributed by atoms with van der Waals surface area (Å²) in [4.78, 5) is 17.5. The summed E-state index contributed by atoms with van der Waals surface area (Å²) in [5, 5.41) is 66.3. The van der Waals surface area contributed by atoms with Crippen LogP contribution in [-0.2, 0) is 19.0 Å². The van der Waals surface area contributed by atoms with E-state index in [1.54, 1.807) is 25.1 Å². The van der Waals surface area contributed by atoms with Crippen LogP contribution in [0.5, 0.6) is 17.2 Å². The third-order valence-electron chi connectivity index (χ3n) is 9.59. The maximum absolute atomic E-state index is 13.0. The van der Waals surface area contributed by atoms with Crippen molar-refractivity contribution < 1.29 is 63.5 Å². The van der Waals surface area contributed by atoms with Gasteiger partial charge in [-0.3, -0.25) is 4.79 Å². The molecule has 2 aliphatic heterocycles. The van der Waals surface area contributed by atoms with Crippen LogP contribution in [0.2, 0.25) is 0 Å². The van der Waals surface area contributed by atoms with E-state index in [9.17, 15) is 35.4 Å². The second kappa shape index (κ2) is 15.3. The van der Waals surface area contributed by atoms with Crippen molar-refractivity contribution >= 4 is 23.1 Å². The molecule has 53 heavy (non-hydrogen) atoms. The van der Waals surface area contributed by atoms with E-state index in [4.69, 9.17) is 28.1 Å². The lowest BCUT2D eigenvalue weighted by atomic mass is 9.83. The van der Waals surface area contributed by atoms with Crippen molar-refractivity contribution in [2.24, 2.45) is 0 Å². The summed E-state index contributed by atoms with van der Waals surface area (Å²) in [6, 6.07) is 17.8. The summed E-state index contributed by atoms with van der Waals surface area (Å²) in [6.45, 7) is 3.17. The molecule has 0 radical (unpaired) electrons. The third kappa shape index (κ3) is 7.38. The number of nitrogens with one attached hydrogen (secondary N) is 1. The number of fused-ring (bicyclic) bond motifs is 2. The van der Waals surface area contributed by atoms with Crippen LogP contribution in [-0.4, -0.2) is 116 Å². The number of aliphatic hydroxyl groups is 5. The summed E-state index contributed by atoms with van der Waals surface area (Å²) in [5.41, 5.74) is 3.20. The van der Waals surface area contributed by atoms with Crippen LogP contribution < -0.4 is 14.8 Å². The average Bonchev–Trinajstić information content (AvgIpc) is 3.89. The van der Waals surface area contributed by atoms with Gasteiger partial charge in [0.2, 0.25) is 18.1 Å². The molecule has 280 valence electrons. The number of nitrogens with zero attached hydrogens (tertiary/aromatic N) is 1. The van der Waals surface area contributed by atoms with Crippen LogP contribution in [0.1, 0.15) is 19.4 Å². The molecule has 7 rings (SSSR count). The largest absolute Gasteiger partial charge is 0.504 e. The Morgan fingerprint density at radius 2 is 1.62 bits per heavy atom. The van der Waals surface area contributed by atoms with E-state index in [2.05, 4.69) is 10.3 Å². The Balaban J connectivity index is 0.956. The lowest BCUT2D eigenvalue weighted by molar-refractivity contribution is -0.155. The first kappa shape index (κ1) is 36.5. The van der Waals surface area contributed by atoms with Gasteiger partial charge in [-0.1, -0.05) is 30.3 Å². The van der Waals surface area contributed by atoms with Crippen molar-refractivity contribution in [1.29, 1.82) is 0 Å². The summed E-state index contributed by atoms with van der Waals surface area (Å²) >= 11 is 0. The number of amides is 1. The zero-order chi connectivity index (χ0) is 37.4. The molecule has 4 aromatic rings. The minimum absolute atomic E-state index is 0.0438. The molecule has 2 saturated heterocycles. The topological polar surface area (TPSA) is 223 Å². The van der Waals surface area contributed by atoms with Gasteiger partial charge in [0.25, 0.3) is 0 Å². The zero-order valence-electron chi connectivity index (χ0n) is 28.7. The highest BCUT2D eigenvalue weighted by atomic mass is 16.7. The lowest BCUT2D eigenvalue weighted by Gasteiger charge is -2.41. The number of para-hydroxylation sites is 3. The van der Waals surface area contributed by atoms with Crippen molar-refractivity contribution in [3.63, 3.8) is 0 Å². The maximum atomic E-state index is 13.0. The maximum Gasteiger partial charge on any atom is 0.247 e. The molecule has 3 aliphatic rings. The van der Waals surface area contributed by atoms with E-state index in [0.29, 0.717) is 33.9 Å². The fourth-order valence-corrected chi connectivity index (χ4v) is 6.64. The number of hydrogen-bond acceptors (Lipinski definition) is 14. The van der Waals surface area contributed by atoms with E-state index in [0.717, 1.165) is 5.52 Å². The minimum atomic E-state index is -1.50. The Morgan fingerprint density at radius 1 is 0.887 bits per heavy atom. The van der Waals surface area contributed by atoms with E-state index < -0.39 is 67.1 Å². The number of phenols is 1. The quantitative estimate of drug-likeness (QED) is 0.0913. The third-order valence-corrected chi connectivity index (χ3v) is 9.59. The number of ether oxygens (including phenoxy) is 5. The molecule has 7 N–H and O–H groups in total. The van der Waals surface area contributed by atoms with Gasteiger partial charge in [0.05, 0.1) is 11.6 Å². The Labute approximate surface area is 303 Å². The number of aromatic nitrogens is 1. The molecule has 1 aromatic heterocycles. The molecule has 0 unspecified atom stereocenters. The van der Waals surface area contributed by atoms with Gasteiger partial charge in [0.15, 0.2) is 17.1 Å². The first-order valence-corrected chi connectivity index (χ1v) is 17.0. The molecule has 15 nitrogen and oxygen atoms in total. The van der Waals surface area contributed by atoms with Crippen LogP contribution >= 0.6 is 0 Å². The van der Waals surface area contributed by atoms with Crippen molar-refractivity contribution in [2.45, 2.75) is 75.0 Å². The average molecular weight is 733 g/mol. The van der Waals surface area contributed by atoms with Crippen LogP contribution in [0.4, 0.5) is 0 Å². The zero-order valence-corrected chi connectivity index (χ0v) is 28.7. The van der Waals surface area contributed by atoms with Gasteiger partial charge in [-0.05, 0) is 73.5 Å². The SMILES string of the molecule is CC(=Cc1ccc(O[C@@H]2O[C@H](/C(C)=C/COc3ccccc3-c3nc4ccccc4o3)[C@@H](O)[C@@H]2O)c(O)c1)C(=O)N[C@@H]1[C@H](O)[C@@H](O)[C@H]2OCO[C@H]2[C@@H]1O. The molecule has 1 saturated carbocycles. The van der Waals surface area contributed by atoms with E-state index in [-0.39, 0.29) is 30.5 Å². The molecule has 15 heteroatoms. The second-order valence-electron chi connectivity index (χ2n) is 13.2. The Hall–Kier alpha value is -4.84. The standard InChI is InChI=1S/C38H40N2O13/c1-18(13-14-48-24-9-5-3-7-21(24)37-39-22-8-4-6-10-25(22)51-37)33-31(45)32(46)38(53-33)52-26-12-11-20(16-23(26)41)15-19(2)36(47)40-27-28(42)30(44)35-34(29(27)43)49-17-50-35/h3-13,15-16,27-35,38,41-46H,14,17H2,1-2H3,(H,40,47)/b18-13+,19-15?/t27-,28+,29-,30-,31+,32+,33-,34+,35-,38-/m1/s1. The fraction of sp³-hybridized carbons (Fsp3) is 0.368. The summed E-state index contributed by atoms with van der Waals surface area (Å²) < 4.78 is 34.1. The smallest absolute Gasteiger partial charge is 0.247 e. The number of phenolic OH excluding ortho intramolecular Hbond substituents is 1. The minimum Gasteiger partial charge on any atom is -0.504 e. The van der Waals surface area contributed by atoms with Gasteiger partial charge in [0, 0.05) is 5.57 Å². The van der Waals surface area contributed by atoms with E-state index in [1.165, 1.54) is 25.1 Å². The number of rotatable bonds is 10. The summed E-state index contributed by atoms with van der Waals surface area (Å²) in [6.07, 6.45) is -7.91. The van der Waals surface area contributed by atoms with Gasteiger partial charge in [-0.15, -0.1) is 0 Å².